The maximum Gasteiger partial charge on any atom is 0.271 e. The number of nitrogens with zero attached hydrogens (tertiary/aromatic N) is 1. The Balaban J connectivity index is 1.97. The van der Waals surface area contributed by atoms with E-state index in [1.807, 2.05) is 6.92 Å². The van der Waals surface area contributed by atoms with Crippen LogP contribution in [0.3, 0.4) is 0 Å². The molecule has 160 valence electrons. The molecule has 0 saturated carbocycles. The molecule has 0 saturated heterocycles. The lowest BCUT2D eigenvalue weighted by molar-refractivity contribution is -0.113. The number of ether oxygens (including phenoxy) is 2. The van der Waals surface area contributed by atoms with Crippen LogP contribution in [0.2, 0.25) is 0 Å². The SMILES string of the molecule is CCOc1ccc(/C=C/C(=O)N(c2ccccc2)S(=O)(=O)c2ccccc2)cc1OC. The molecule has 3 aromatic rings. The molecular weight excluding hydrogens is 414 g/mol. The fraction of sp³-hybridized carbons (Fsp3) is 0.125. The number of para-hydroxylation sites is 1. The van der Waals surface area contributed by atoms with Crippen molar-refractivity contribution in [2.75, 3.05) is 18.0 Å². The Hall–Kier alpha value is -3.58. The first-order valence-electron chi connectivity index (χ1n) is 9.65. The Morgan fingerprint density at radius 2 is 1.58 bits per heavy atom. The molecule has 31 heavy (non-hydrogen) atoms. The first kappa shape index (κ1) is 22.1. The summed E-state index contributed by atoms with van der Waals surface area (Å²) in [7, 11) is -2.57. The van der Waals surface area contributed by atoms with E-state index in [1.54, 1.807) is 66.7 Å². The second-order valence-corrected chi connectivity index (χ2v) is 8.22. The van der Waals surface area contributed by atoms with Crippen molar-refractivity contribution in [3.63, 3.8) is 0 Å². The van der Waals surface area contributed by atoms with E-state index >= 15 is 0 Å². The molecule has 0 bridgehead atoms. The Kier molecular flexibility index (Phi) is 7.10. The summed E-state index contributed by atoms with van der Waals surface area (Å²) in [5.41, 5.74) is 0.920. The first-order valence-corrected chi connectivity index (χ1v) is 11.1. The van der Waals surface area contributed by atoms with E-state index in [0.717, 1.165) is 4.31 Å². The maximum absolute atomic E-state index is 13.2. The third-order valence-electron chi connectivity index (χ3n) is 4.38. The summed E-state index contributed by atoms with van der Waals surface area (Å²) in [5, 5.41) is 0. The lowest BCUT2D eigenvalue weighted by Crippen LogP contribution is -2.35. The standard InChI is InChI=1S/C24H23NO5S/c1-3-30-22-16-14-19(18-23(22)29-2)15-17-24(26)25(20-10-6-4-7-11-20)31(27,28)21-12-8-5-9-13-21/h4-18H,3H2,1-2H3/b17-15+. The van der Waals surface area contributed by atoms with Crippen molar-refractivity contribution in [2.45, 2.75) is 11.8 Å². The molecule has 0 radical (unpaired) electrons. The number of amides is 1. The van der Waals surface area contributed by atoms with Gasteiger partial charge in [0.2, 0.25) is 0 Å². The number of rotatable bonds is 8. The average Bonchev–Trinajstić information content (AvgIpc) is 2.80. The molecule has 0 aromatic heterocycles. The van der Waals surface area contributed by atoms with Crippen molar-refractivity contribution in [3.8, 4) is 11.5 Å². The van der Waals surface area contributed by atoms with Crippen molar-refractivity contribution in [3.05, 3.63) is 90.5 Å². The number of hydrogen-bond acceptors (Lipinski definition) is 5. The van der Waals surface area contributed by atoms with E-state index in [9.17, 15) is 13.2 Å². The van der Waals surface area contributed by atoms with Crippen LogP contribution in [0.4, 0.5) is 5.69 Å². The predicted molar refractivity (Wildman–Crippen MR) is 121 cm³/mol. The molecule has 0 aliphatic rings. The molecule has 0 atom stereocenters. The summed E-state index contributed by atoms with van der Waals surface area (Å²) in [5.74, 6) is 0.419. The van der Waals surface area contributed by atoms with Gasteiger partial charge < -0.3 is 9.47 Å². The summed E-state index contributed by atoms with van der Waals surface area (Å²) in [6.07, 6.45) is 2.76. The molecule has 0 aliphatic heterocycles. The van der Waals surface area contributed by atoms with E-state index in [0.29, 0.717) is 23.7 Å². The smallest absolute Gasteiger partial charge is 0.271 e. The predicted octanol–water partition coefficient (Wildman–Crippen LogP) is 4.53. The summed E-state index contributed by atoms with van der Waals surface area (Å²) in [6, 6.07) is 21.3. The number of methoxy groups -OCH3 is 1. The highest BCUT2D eigenvalue weighted by molar-refractivity contribution is 7.93. The van der Waals surface area contributed by atoms with Crippen LogP contribution in [-0.2, 0) is 14.8 Å². The second kappa shape index (κ2) is 9.95. The van der Waals surface area contributed by atoms with Crippen molar-refractivity contribution in [2.24, 2.45) is 0 Å². The Morgan fingerprint density at radius 1 is 0.935 bits per heavy atom. The zero-order valence-electron chi connectivity index (χ0n) is 17.3. The lowest BCUT2D eigenvalue weighted by Gasteiger charge is -2.21. The molecule has 0 aliphatic carbocycles. The number of carbonyl (C=O) groups excluding carboxylic acids is 1. The van der Waals surface area contributed by atoms with E-state index in [-0.39, 0.29) is 10.6 Å². The highest BCUT2D eigenvalue weighted by Crippen LogP contribution is 2.29. The molecular formula is C24H23NO5S. The van der Waals surface area contributed by atoms with Crippen LogP contribution in [0.1, 0.15) is 12.5 Å². The summed E-state index contributed by atoms with van der Waals surface area (Å²) >= 11 is 0. The number of sulfonamides is 1. The minimum Gasteiger partial charge on any atom is -0.493 e. The second-order valence-electron chi connectivity index (χ2n) is 6.43. The normalized spacial score (nSPS) is 11.3. The van der Waals surface area contributed by atoms with Gasteiger partial charge in [-0.2, -0.15) is 4.31 Å². The molecule has 0 unspecified atom stereocenters. The molecule has 7 heteroatoms. The minimum atomic E-state index is -4.10. The summed E-state index contributed by atoms with van der Waals surface area (Å²) in [4.78, 5) is 13.1. The lowest BCUT2D eigenvalue weighted by atomic mass is 10.2. The van der Waals surface area contributed by atoms with E-state index in [1.165, 1.54) is 31.4 Å². The monoisotopic (exact) mass is 437 g/mol. The van der Waals surface area contributed by atoms with Crippen molar-refractivity contribution in [1.29, 1.82) is 0 Å². The van der Waals surface area contributed by atoms with Crippen LogP contribution >= 0.6 is 0 Å². The number of carbonyl (C=O) groups is 1. The van der Waals surface area contributed by atoms with Gasteiger partial charge in [0.25, 0.3) is 15.9 Å². The number of hydrogen-bond donors (Lipinski definition) is 0. The van der Waals surface area contributed by atoms with E-state index < -0.39 is 15.9 Å². The molecule has 3 rings (SSSR count). The minimum absolute atomic E-state index is 0.0309. The third-order valence-corrected chi connectivity index (χ3v) is 6.12. The highest BCUT2D eigenvalue weighted by Gasteiger charge is 2.29. The molecule has 3 aromatic carbocycles. The van der Waals surface area contributed by atoms with Gasteiger partial charge in [0.1, 0.15) is 0 Å². The zero-order valence-corrected chi connectivity index (χ0v) is 18.1. The van der Waals surface area contributed by atoms with Crippen LogP contribution < -0.4 is 13.8 Å². The largest absolute Gasteiger partial charge is 0.493 e. The Labute approximate surface area is 182 Å². The number of benzene rings is 3. The average molecular weight is 438 g/mol. The molecule has 0 heterocycles. The Bertz CT molecular complexity index is 1160. The fourth-order valence-electron chi connectivity index (χ4n) is 2.94. The van der Waals surface area contributed by atoms with Crippen molar-refractivity contribution in [1.82, 2.24) is 0 Å². The third kappa shape index (κ3) is 5.13. The van der Waals surface area contributed by atoms with Gasteiger partial charge >= 0.3 is 0 Å². The number of anilines is 1. The van der Waals surface area contributed by atoms with Gasteiger partial charge in [0, 0.05) is 6.08 Å². The van der Waals surface area contributed by atoms with Crippen LogP contribution in [0.15, 0.2) is 89.8 Å². The van der Waals surface area contributed by atoms with Gasteiger partial charge in [0.15, 0.2) is 11.5 Å². The summed E-state index contributed by atoms with van der Waals surface area (Å²) in [6.45, 7) is 2.37. The molecule has 0 fully saturated rings. The van der Waals surface area contributed by atoms with Crippen LogP contribution in [0.25, 0.3) is 6.08 Å². The maximum atomic E-state index is 13.2. The van der Waals surface area contributed by atoms with Gasteiger partial charge in [-0.25, -0.2) is 8.42 Å². The van der Waals surface area contributed by atoms with Gasteiger partial charge in [-0.05, 0) is 55.0 Å². The molecule has 6 nitrogen and oxygen atoms in total. The fourth-order valence-corrected chi connectivity index (χ4v) is 4.35. The van der Waals surface area contributed by atoms with Gasteiger partial charge in [0.05, 0.1) is 24.3 Å². The molecule has 1 amide bonds. The van der Waals surface area contributed by atoms with Gasteiger partial charge in [-0.15, -0.1) is 0 Å². The van der Waals surface area contributed by atoms with Crippen LogP contribution in [-0.4, -0.2) is 28.0 Å². The topological polar surface area (TPSA) is 72.9 Å². The van der Waals surface area contributed by atoms with E-state index in [2.05, 4.69) is 0 Å². The zero-order chi connectivity index (χ0) is 22.3. The molecule has 0 spiro atoms. The van der Waals surface area contributed by atoms with Crippen molar-refractivity contribution < 1.29 is 22.7 Å². The van der Waals surface area contributed by atoms with Gasteiger partial charge in [-0.3, -0.25) is 4.79 Å². The quantitative estimate of drug-likeness (QED) is 0.484. The Morgan fingerprint density at radius 3 is 2.19 bits per heavy atom. The first-order chi connectivity index (χ1) is 15.0. The van der Waals surface area contributed by atoms with Crippen LogP contribution in [0, 0.1) is 0 Å². The summed E-state index contributed by atoms with van der Waals surface area (Å²) < 4.78 is 38.1. The van der Waals surface area contributed by atoms with Crippen molar-refractivity contribution >= 4 is 27.7 Å². The highest BCUT2D eigenvalue weighted by atomic mass is 32.2. The van der Waals surface area contributed by atoms with E-state index in [4.69, 9.17) is 9.47 Å². The van der Waals surface area contributed by atoms with Crippen LogP contribution in [0.5, 0.6) is 11.5 Å². The van der Waals surface area contributed by atoms with Gasteiger partial charge in [-0.1, -0.05) is 42.5 Å². The molecule has 0 N–H and O–H groups in total.